The fourth-order valence-electron chi connectivity index (χ4n) is 8.18. The van der Waals surface area contributed by atoms with E-state index in [1.807, 2.05) is 0 Å². The van der Waals surface area contributed by atoms with Gasteiger partial charge >= 0.3 is 0 Å². The van der Waals surface area contributed by atoms with Crippen molar-refractivity contribution in [2.24, 2.45) is 46.3 Å². The van der Waals surface area contributed by atoms with Crippen LogP contribution in [0.2, 0.25) is 0 Å². The Bertz CT molecular complexity index is 502. The van der Waals surface area contributed by atoms with Crippen molar-refractivity contribution in [3.63, 3.8) is 0 Å². The Hall–Kier alpha value is -0.330. The van der Waals surface area contributed by atoms with Crippen LogP contribution in [-0.2, 0) is 0 Å². The van der Waals surface area contributed by atoms with E-state index in [-0.39, 0.29) is 1.43 Å². The number of rotatable bonds is 1. The first-order chi connectivity index (χ1) is 10.9. The monoisotopic (exact) mass is 317 g/mol. The second-order valence-electron chi connectivity index (χ2n) is 10.4. The zero-order valence-electron chi connectivity index (χ0n) is 15.8. The Morgan fingerprint density at radius 3 is 2.35 bits per heavy atom. The third-order valence-corrected chi connectivity index (χ3v) is 9.45. The fraction of sp³-hybridized carbons (Fsp3) is 0.955. The summed E-state index contributed by atoms with van der Waals surface area (Å²) in [5, 5.41) is 8.28. The smallest absolute Gasteiger partial charge is 0.00946 e. The molecule has 4 rings (SSSR count). The molecule has 0 aromatic heterocycles. The topological polar surface area (TPSA) is 23.9 Å². The largest absolute Gasteiger partial charge is 0.310 e. The van der Waals surface area contributed by atoms with Crippen molar-refractivity contribution >= 4 is 5.71 Å². The van der Waals surface area contributed by atoms with Crippen molar-refractivity contribution in [1.82, 2.24) is 0 Å². The summed E-state index contributed by atoms with van der Waals surface area (Å²) < 4.78 is 0. The van der Waals surface area contributed by atoms with Gasteiger partial charge in [-0.1, -0.05) is 27.2 Å². The molecule has 0 aromatic carbocycles. The molecule has 1 heteroatoms. The van der Waals surface area contributed by atoms with Gasteiger partial charge in [-0.15, -0.1) is 0 Å². The molecule has 132 valence electrons. The lowest BCUT2D eigenvalue weighted by atomic mass is 9.44. The van der Waals surface area contributed by atoms with Gasteiger partial charge in [0.15, 0.2) is 0 Å². The minimum Gasteiger partial charge on any atom is -0.310 e. The third-order valence-electron chi connectivity index (χ3n) is 9.45. The third kappa shape index (κ3) is 2.20. The molecule has 0 amide bonds. The molecule has 8 atom stereocenters. The number of fused-ring (bicyclic) bond motifs is 5. The van der Waals surface area contributed by atoms with Crippen molar-refractivity contribution in [2.75, 3.05) is 0 Å². The van der Waals surface area contributed by atoms with Crippen molar-refractivity contribution in [2.45, 2.75) is 85.5 Å². The van der Waals surface area contributed by atoms with E-state index < -0.39 is 0 Å². The van der Waals surface area contributed by atoms with Crippen molar-refractivity contribution in [3.8, 4) is 0 Å². The number of nitrogens with one attached hydrogen (secondary N) is 1. The Balaban J connectivity index is 0.00000169. The van der Waals surface area contributed by atoms with Crippen LogP contribution in [0, 0.1) is 51.7 Å². The molecule has 0 heterocycles. The highest BCUT2D eigenvalue weighted by Crippen LogP contribution is 2.67. The van der Waals surface area contributed by atoms with Gasteiger partial charge in [0.05, 0.1) is 0 Å². The van der Waals surface area contributed by atoms with Crippen LogP contribution in [0.5, 0.6) is 0 Å². The number of hydrogen-bond acceptors (Lipinski definition) is 1. The van der Waals surface area contributed by atoms with Crippen LogP contribution >= 0.6 is 0 Å². The summed E-state index contributed by atoms with van der Waals surface area (Å²) in [6.45, 7) is 9.79. The molecule has 0 aliphatic heterocycles. The SMILES string of the molecule is CC(=N)C1CCC2C3CCC4CC(C)CCC4(C)C3CCC12C.[HH]. The molecule has 4 fully saturated rings. The van der Waals surface area contributed by atoms with Gasteiger partial charge in [-0.2, -0.15) is 0 Å². The predicted octanol–water partition coefficient (Wildman–Crippen LogP) is 6.57. The summed E-state index contributed by atoms with van der Waals surface area (Å²) in [5.41, 5.74) is 2.08. The van der Waals surface area contributed by atoms with Gasteiger partial charge in [0.25, 0.3) is 0 Å². The highest BCUT2D eigenvalue weighted by molar-refractivity contribution is 5.82. The molecular formula is C22H39N. The van der Waals surface area contributed by atoms with E-state index in [1.54, 1.807) is 0 Å². The van der Waals surface area contributed by atoms with E-state index in [0.717, 1.165) is 35.3 Å². The lowest BCUT2D eigenvalue weighted by Gasteiger charge is -2.61. The Morgan fingerprint density at radius 2 is 1.61 bits per heavy atom. The molecule has 0 spiro atoms. The summed E-state index contributed by atoms with van der Waals surface area (Å²) in [5.74, 6) is 5.46. The van der Waals surface area contributed by atoms with Crippen molar-refractivity contribution < 1.29 is 1.43 Å². The Morgan fingerprint density at radius 1 is 0.913 bits per heavy atom. The van der Waals surface area contributed by atoms with Gasteiger partial charge in [0.2, 0.25) is 0 Å². The highest BCUT2D eigenvalue weighted by Gasteiger charge is 2.60. The van der Waals surface area contributed by atoms with Crippen LogP contribution in [-0.4, -0.2) is 5.71 Å². The molecule has 8 unspecified atom stereocenters. The molecule has 23 heavy (non-hydrogen) atoms. The summed E-state index contributed by atoms with van der Waals surface area (Å²) in [6.07, 6.45) is 13.1. The quantitative estimate of drug-likeness (QED) is 0.529. The molecule has 4 aliphatic carbocycles. The maximum atomic E-state index is 8.28. The van der Waals surface area contributed by atoms with E-state index in [4.69, 9.17) is 5.41 Å². The average Bonchev–Trinajstić information content (AvgIpc) is 2.85. The maximum absolute atomic E-state index is 8.28. The van der Waals surface area contributed by atoms with Crippen LogP contribution < -0.4 is 0 Å². The maximum Gasteiger partial charge on any atom is 0.00946 e. The minimum absolute atomic E-state index is 0. The molecule has 0 bridgehead atoms. The normalized spacial score (nSPS) is 55.7. The van der Waals surface area contributed by atoms with E-state index in [0.29, 0.717) is 16.7 Å². The van der Waals surface area contributed by atoms with Gasteiger partial charge in [0.1, 0.15) is 0 Å². The van der Waals surface area contributed by atoms with Crippen LogP contribution in [0.1, 0.15) is 86.9 Å². The summed E-state index contributed by atoms with van der Waals surface area (Å²) in [6, 6.07) is 0. The summed E-state index contributed by atoms with van der Waals surface area (Å²) in [4.78, 5) is 0. The van der Waals surface area contributed by atoms with E-state index in [1.165, 1.54) is 57.8 Å². The summed E-state index contributed by atoms with van der Waals surface area (Å²) >= 11 is 0. The van der Waals surface area contributed by atoms with Gasteiger partial charge in [0, 0.05) is 13.1 Å². The first-order valence-electron chi connectivity index (χ1n) is 10.4. The average molecular weight is 318 g/mol. The first-order valence-corrected chi connectivity index (χ1v) is 10.4. The van der Waals surface area contributed by atoms with Crippen molar-refractivity contribution in [1.29, 1.82) is 5.41 Å². The fourth-order valence-corrected chi connectivity index (χ4v) is 8.18. The molecule has 0 aromatic rings. The van der Waals surface area contributed by atoms with Crippen LogP contribution in [0.3, 0.4) is 0 Å². The highest BCUT2D eigenvalue weighted by atomic mass is 14.7. The molecular weight excluding hydrogens is 278 g/mol. The van der Waals surface area contributed by atoms with Crippen LogP contribution in [0.25, 0.3) is 0 Å². The van der Waals surface area contributed by atoms with Gasteiger partial charge < -0.3 is 5.41 Å². The standard InChI is InChI=1S/C22H37N.H2/c1-14-9-11-21(3)16(13-14)5-6-17-19-8-7-18(15(2)23)22(19,4)12-10-20(17)21;/h14,16-20,23H,5-13H2,1-4H3;1H. The lowest BCUT2D eigenvalue weighted by molar-refractivity contribution is -0.113. The Kier molecular flexibility index (Phi) is 3.75. The molecule has 4 aliphatic rings. The molecule has 4 saturated carbocycles. The van der Waals surface area contributed by atoms with Gasteiger partial charge in [-0.05, 0) is 98.7 Å². The lowest BCUT2D eigenvalue weighted by Crippen LogP contribution is -2.53. The Labute approximate surface area is 145 Å². The molecule has 1 nitrogen and oxygen atoms in total. The van der Waals surface area contributed by atoms with Gasteiger partial charge in [-0.25, -0.2) is 0 Å². The summed E-state index contributed by atoms with van der Waals surface area (Å²) in [7, 11) is 0. The van der Waals surface area contributed by atoms with Gasteiger partial charge in [-0.3, -0.25) is 0 Å². The van der Waals surface area contributed by atoms with E-state index in [2.05, 4.69) is 27.7 Å². The van der Waals surface area contributed by atoms with Crippen LogP contribution in [0.4, 0.5) is 0 Å². The predicted molar refractivity (Wildman–Crippen MR) is 99.9 cm³/mol. The molecule has 0 saturated heterocycles. The van der Waals surface area contributed by atoms with E-state index in [9.17, 15) is 0 Å². The zero-order chi connectivity index (χ0) is 16.4. The second-order valence-corrected chi connectivity index (χ2v) is 10.4. The number of hydrogen-bond donors (Lipinski definition) is 1. The molecule has 1 N–H and O–H groups in total. The van der Waals surface area contributed by atoms with Crippen LogP contribution in [0.15, 0.2) is 0 Å². The van der Waals surface area contributed by atoms with Crippen molar-refractivity contribution in [3.05, 3.63) is 0 Å². The first kappa shape index (κ1) is 16.2. The molecule has 0 radical (unpaired) electrons. The minimum atomic E-state index is 0. The second kappa shape index (κ2) is 5.33. The zero-order valence-corrected chi connectivity index (χ0v) is 15.8. The van der Waals surface area contributed by atoms with E-state index >= 15 is 0 Å².